The first-order valence-corrected chi connectivity index (χ1v) is 9.91. The maximum absolute atomic E-state index is 12.5. The minimum absolute atomic E-state index is 0.0380. The van der Waals surface area contributed by atoms with Gasteiger partial charge in [0.15, 0.2) is 0 Å². The number of piperidine rings is 1. The number of hydrogen-bond acceptors (Lipinski definition) is 4. The first kappa shape index (κ1) is 19.2. The summed E-state index contributed by atoms with van der Waals surface area (Å²) in [5.41, 5.74) is 1.88. The highest BCUT2D eigenvalue weighted by molar-refractivity contribution is 6.32. The molecule has 0 bridgehead atoms. The van der Waals surface area contributed by atoms with Crippen LogP contribution in [0.4, 0.5) is 0 Å². The Morgan fingerprint density at radius 1 is 1.25 bits per heavy atom. The number of nitrogens with zero attached hydrogens (tertiary/aromatic N) is 2. The molecule has 1 amide bonds. The van der Waals surface area contributed by atoms with Gasteiger partial charge in [-0.25, -0.2) is 0 Å². The number of fused-ring (bicyclic) bond motifs is 1. The summed E-state index contributed by atoms with van der Waals surface area (Å²) in [5.74, 6) is 0.727. The van der Waals surface area contributed by atoms with Gasteiger partial charge in [0.05, 0.1) is 23.8 Å². The van der Waals surface area contributed by atoms with Crippen molar-refractivity contribution in [1.29, 1.82) is 0 Å². The Kier molecular flexibility index (Phi) is 5.32. The average Bonchev–Trinajstić information content (AvgIpc) is 2.73. The number of methoxy groups -OCH3 is 1. The molecule has 2 aromatic rings. The first-order valence-electron chi connectivity index (χ1n) is 9.53. The molecule has 2 heterocycles. The Balaban J connectivity index is 1.58. The minimum Gasteiger partial charge on any atom is -0.495 e. The van der Waals surface area contributed by atoms with E-state index in [1.54, 1.807) is 7.11 Å². The van der Waals surface area contributed by atoms with Crippen LogP contribution in [0.3, 0.4) is 0 Å². The largest absolute Gasteiger partial charge is 0.495 e. The molecule has 2 aliphatic heterocycles. The second-order valence-corrected chi connectivity index (χ2v) is 7.90. The van der Waals surface area contributed by atoms with E-state index in [1.165, 1.54) is 0 Å². The van der Waals surface area contributed by atoms with Crippen molar-refractivity contribution < 1.29 is 14.3 Å². The number of amides is 1. The molecular weight excluding hydrogens is 376 g/mol. The SMILES string of the molecule is COc1cc(CN2CC[C@]3(c4ccccc4)[C@@H](C2)OCC(=O)N3C)ccc1Cl. The van der Waals surface area contributed by atoms with E-state index in [4.69, 9.17) is 21.1 Å². The summed E-state index contributed by atoms with van der Waals surface area (Å²) < 4.78 is 11.4. The van der Waals surface area contributed by atoms with E-state index in [0.29, 0.717) is 10.8 Å². The van der Waals surface area contributed by atoms with Crippen molar-refractivity contribution in [3.63, 3.8) is 0 Å². The number of morpholine rings is 1. The lowest BCUT2D eigenvalue weighted by Gasteiger charge is -2.55. The summed E-state index contributed by atoms with van der Waals surface area (Å²) in [4.78, 5) is 16.7. The molecule has 2 saturated heterocycles. The van der Waals surface area contributed by atoms with E-state index >= 15 is 0 Å². The molecule has 2 aromatic carbocycles. The number of ether oxygens (including phenoxy) is 2. The van der Waals surface area contributed by atoms with Crippen LogP contribution in [0, 0.1) is 0 Å². The van der Waals surface area contributed by atoms with Crippen LogP contribution in [-0.2, 0) is 21.6 Å². The third-order valence-corrected chi connectivity index (χ3v) is 6.35. The monoisotopic (exact) mass is 400 g/mol. The second-order valence-electron chi connectivity index (χ2n) is 7.50. The van der Waals surface area contributed by atoms with Gasteiger partial charge in [0.1, 0.15) is 12.4 Å². The van der Waals surface area contributed by atoms with Crippen molar-refractivity contribution in [2.24, 2.45) is 0 Å². The predicted molar refractivity (Wildman–Crippen MR) is 109 cm³/mol. The third-order valence-electron chi connectivity index (χ3n) is 6.04. The average molecular weight is 401 g/mol. The topological polar surface area (TPSA) is 42.0 Å². The molecule has 0 unspecified atom stereocenters. The summed E-state index contributed by atoms with van der Waals surface area (Å²) in [6.07, 6.45) is 0.759. The van der Waals surface area contributed by atoms with Crippen LogP contribution < -0.4 is 4.74 Å². The molecule has 2 aliphatic rings. The fourth-order valence-electron chi connectivity index (χ4n) is 4.49. The van der Waals surface area contributed by atoms with Crippen LogP contribution in [0.15, 0.2) is 48.5 Å². The molecule has 0 radical (unpaired) electrons. The molecule has 2 fully saturated rings. The molecular formula is C22H25ClN2O3. The molecule has 0 saturated carbocycles. The van der Waals surface area contributed by atoms with Crippen molar-refractivity contribution in [2.45, 2.75) is 24.6 Å². The maximum atomic E-state index is 12.5. The van der Waals surface area contributed by atoms with Crippen LogP contribution >= 0.6 is 11.6 Å². The molecule has 5 nitrogen and oxygen atoms in total. The summed E-state index contributed by atoms with van der Waals surface area (Å²) in [6.45, 7) is 2.56. The maximum Gasteiger partial charge on any atom is 0.249 e. The Morgan fingerprint density at radius 3 is 2.79 bits per heavy atom. The normalized spacial score (nSPS) is 25.5. The molecule has 0 aliphatic carbocycles. The molecule has 28 heavy (non-hydrogen) atoms. The van der Waals surface area contributed by atoms with Gasteiger partial charge in [0, 0.05) is 26.7 Å². The van der Waals surface area contributed by atoms with Crippen molar-refractivity contribution in [2.75, 3.05) is 33.9 Å². The minimum atomic E-state index is -0.412. The lowest BCUT2D eigenvalue weighted by molar-refractivity contribution is -0.183. The van der Waals surface area contributed by atoms with E-state index in [-0.39, 0.29) is 18.6 Å². The van der Waals surface area contributed by atoms with Gasteiger partial charge < -0.3 is 14.4 Å². The van der Waals surface area contributed by atoms with E-state index in [1.807, 2.05) is 48.3 Å². The van der Waals surface area contributed by atoms with Crippen LogP contribution in [0.2, 0.25) is 5.02 Å². The van der Waals surface area contributed by atoms with Gasteiger partial charge in [-0.1, -0.05) is 48.0 Å². The quantitative estimate of drug-likeness (QED) is 0.789. The number of likely N-dealkylation sites (tertiary alicyclic amines) is 1. The predicted octanol–water partition coefficient (Wildman–Crippen LogP) is 3.31. The van der Waals surface area contributed by atoms with Crippen LogP contribution in [0.1, 0.15) is 17.5 Å². The zero-order valence-corrected chi connectivity index (χ0v) is 17.0. The van der Waals surface area contributed by atoms with E-state index in [9.17, 15) is 4.79 Å². The van der Waals surface area contributed by atoms with Gasteiger partial charge in [0.25, 0.3) is 0 Å². The number of rotatable bonds is 4. The number of carbonyl (C=O) groups is 1. The number of carbonyl (C=O) groups excluding carboxylic acids is 1. The molecule has 0 spiro atoms. The van der Waals surface area contributed by atoms with Crippen molar-refractivity contribution in [1.82, 2.24) is 9.80 Å². The number of likely N-dealkylation sites (N-methyl/N-ethyl adjacent to an activating group) is 1. The van der Waals surface area contributed by atoms with E-state index in [2.05, 4.69) is 17.0 Å². The summed E-state index contributed by atoms with van der Waals surface area (Å²) in [7, 11) is 3.54. The van der Waals surface area contributed by atoms with E-state index < -0.39 is 5.54 Å². The van der Waals surface area contributed by atoms with Gasteiger partial charge in [-0.05, 0) is 29.7 Å². The molecule has 148 valence electrons. The first-order chi connectivity index (χ1) is 13.5. The van der Waals surface area contributed by atoms with Gasteiger partial charge in [-0.15, -0.1) is 0 Å². The lowest BCUT2D eigenvalue weighted by Crippen LogP contribution is -2.66. The highest BCUT2D eigenvalue weighted by Gasteiger charge is 2.52. The smallest absolute Gasteiger partial charge is 0.249 e. The number of hydrogen-bond donors (Lipinski definition) is 0. The van der Waals surface area contributed by atoms with Gasteiger partial charge in [0.2, 0.25) is 5.91 Å². The van der Waals surface area contributed by atoms with E-state index in [0.717, 1.165) is 37.2 Å². The van der Waals surface area contributed by atoms with Gasteiger partial charge in [-0.2, -0.15) is 0 Å². The van der Waals surface area contributed by atoms with Gasteiger partial charge >= 0.3 is 0 Å². The third kappa shape index (κ3) is 3.28. The molecule has 0 N–H and O–H groups in total. The molecule has 0 aromatic heterocycles. The number of halogens is 1. The number of benzene rings is 2. The van der Waals surface area contributed by atoms with Crippen molar-refractivity contribution in [3.05, 3.63) is 64.7 Å². The zero-order valence-electron chi connectivity index (χ0n) is 16.2. The molecule has 6 heteroatoms. The lowest BCUT2D eigenvalue weighted by atomic mass is 9.76. The van der Waals surface area contributed by atoms with Crippen molar-refractivity contribution in [3.8, 4) is 5.75 Å². The Hall–Kier alpha value is -2.08. The Bertz CT molecular complexity index is 860. The highest BCUT2D eigenvalue weighted by atomic mass is 35.5. The fraction of sp³-hybridized carbons (Fsp3) is 0.409. The Morgan fingerprint density at radius 2 is 2.04 bits per heavy atom. The molecule has 4 rings (SSSR count). The summed E-state index contributed by atoms with van der Waals surface area (Å²) in [5, 5.41) is 0.615. The molecule has 2 atom stereocenters. The van der Waals surface area contributed by atoms with Gasteiger partial charge in [-0.3, -0.25) is 9.69 Å². The Labute approximate surface area is 170 Å². The standard InChI is InChI=1S/C22H25ClN2O3/c1-24-21(26)15-28-20-14-25(13-16-8-9-18(23)19(12-16)27-2)11-10-22(20,24)17-6-4-3-5-7-17/h3-9,12,20H,10-11,13-15H2,1-2H3/t20-,22+/m1/s1. The summed E-state index contributed by atoms with van der Waals surface area (Å²) >= 11 is 6.15. The zero-order chi connectivity index (χ0) is 19.7. The highest BCUT2D eigenvalue weighted by Crippen LogP contribution is 2.42. The van der Waals surface area contributed by atoms with Crippen LogP contribution in [0.25, 0.3) is 0 Å². The summed E-state index contributed by atoms with van der Waals surface area (Å²) in [6, 6.07) is 16.2. The van der Waals surface area contributed by atoms with Crippen molar-refractivity contribution >= 4 is 17.5 Å². The van der Waals surface area contributed by atoms with Crippen LogP contribution in [-0.4, -0.2) is 55.7 Å². The second kappa shape index (κ2) is 7.74. The fourth-order valence-corrected chi connectivity index (χ4v) is 4.68. The van der Waals surface area contributed by atoms with Crippen LogP contribution in [0.5, 0.6) is 5.75 Å².